The molecule has 6 heteroatoms. The monoisotopic (exact) mass is 400 g/mol. The molecule has 0 radical (unpaired) electrons. The number of hydrogen-bond donors (Lipinski definition) is 0. The van der Waals surface area contributed by atoms with Gasteiger partial charge in [0, 0.05) is 0 Å². The van der Waals surface area contributed by atoms with Gasteiger partial charge in [0.1, 0.15) is 0 Å². The first-order valence-corrected chi connectivity index (χ1v) is 10.1. The number of carbonyl (C=O) groups is 1. The van der Waals surface area contributed by atoms with Crippen molar-refractivity contribution in [3.8, 4) is 10.8 Å². The Balaban J connectivity index is 1.51. The highest BCUT2D eigenvalue weighted by molar-refractivity contribution is 7.13. The Hall–Kier alpha value is -3.51. The second-order valence-electron chi connectivity index (χ2n) is 6.66. The average molecular weight is 400 g/mol. The summed E-state index contributed by atoms with van der Waals surface area (Å²) in [6.07, 6.45) is -0.665. The van der Waals surface area contributed by atoms with Crippen molar-refractivity contribution in [1.29, 1.82) is 0 Å². The van der Waals surface area contributed by atoms with Gasteiger partial charge in [-0.3, -0.25) is 0 Å². The lowest BCUT2D eigenvalue weighted by Gasteiger charge is -2.13. The zero-order valence-corrected chi connectivity index (χ0v) is 16.3. The third kappa shape index (κ3) is 3.17. The summed E-state index contributed by atoms with van der Waals surface area (Å²) in [5, 5.41) is 13.7. The highest BCUT2D eigenvalue weighted by Crippen LogP contribution is 2.31. The van der Waals surface area contributed by atoms with Gasteiger partial charge in [0.2, 0.25) is 0 Å². The highest BCUT2D eigenvalue weighted by atomic mass is 32.1. The molecule has 5 nitrogen and oxygen atoms in total. The molecule has 3 aromatic carbocycles. The number of aromatic nitrogens is 2. The van der Waals surface area contributed by atoms with E-state index < -0.39 is 12.1 Å². The maximum absolute atomic E-state index is 13.2. The molecule has 29 heavy (non-hydrogen) atoms. The summed E-state index contributed by atoms with van der Waals surface area (Å²) in [5.41, 5.74) is 0.545. The van der Waals surface area contributed by atoms with Gasteiger partial charge in [-0.05, 0) is 46.0 Å². The highest BCUT2D eigenvalue weighted by Gasteiger charge is 2.23. The smallest absolute Gasteiger partial charge is 0.340 e. The molecular weight excluding hydrogens is 384 g/mol. The molecule has 0 spiro atoms. The van der Waals surface area contributed by atoms with Gasteiger partial charge in [-0.2, -0.15) is 0 Å². The molecular formula is C23H16N2O3S. The number of nitrogens with zero attached hydrogens (tertiary/aromatic N) is 2. The fourth-order valence-electron chi connectivity index (χ4n) is 3.40. The van der Waals surface area contributed by atoms with E-state index in [1.165, 1.54) is 11.3 Å². The Morgan fingerprint density at radius 2 is 1.66 bits per heavy atom. The molecule has 0 amide bonds. The Morgan fingerprint density at radius 1 is 0.966 bits per heavy atom. The van der Waals surface area contributed by atoms with Crippen LogP contribution in [0.2, 0.25) is 0 Å². The van der Waals surface area contributed by atoms with Crippen LogP contribution in [0.25, 0.3) is 32.3 Å². The van der Waals surface area contributed by atoms with E-state index in [1.54, 1.807) is 6.92 Å². The van der Waals surface area contributed by atoms with E-state index in [-0.39, 0.29) is 5.89 Å². The van der Waals surface area contributed by atoms with Crippen molar-refractivity contribution in [2.75, 3.05) is 0 Å². The average Bonchev–Trinajstić information content (AvgIpc) is 3.43. The predicted molar refractivity (Wildman–Crippen MR) is 113 cm³/mol. The lowest BCUT2D eigenvalue weighted by Crippen LogP contribution is -2.10. The molecule has 1 atom stereocenters. The first-order chi connectivity index (χ1) is 14.2. The zero-order valence-electron chi connectivity index (χ0n) is 15.5. The Labute approximate surface area is 170 Å². The summed E-state index contributed by atoms with van der Waals surface area (Å²) in [5.74, 6) is 0.279. The van der Waals surface area contributed by atoms with Crippen LogP contribution in [-0.4, -0.2) is 16.2 Å². The first kappa shape index (κ1) is 17.6. The third-order valence-electron chi connectivity index (χ3n) is 4.78. The van der Waals surface area contributed by atoms with E-state index in [2.05, 4.69) is 16.3 Å². The topological polar surface area (TPSA) is 65.2 Å². The van der Waals surface area contributed by atoms with Crippen LogP contribution in [-0.2, 0) is 4.74 Å². The van der Waals surface area contributed by atoms with Crippen molar-refractivity contribution in [3.05, 3.63) is 83.6 Å². The second kappa shape index (κ2) is 7.14. The number of esters is 1. The van der Waals surface area contributed by atoms with Crippen molar-refractivity contribution in [1.82, 2.24) is 10.2 Å². The van der Waals surface area contributed by atoms with Crippen LogP contribution in [0.4, 0.5) is 0 Å². The second-order valence-corrected chi connectivity index (χ2v) is 7.61. The molecule has 0 saturated heterocycles. The van der Waals surface area contributed by atoms with Crippen LogP contribution >= 0.6 is 11.3 Å². The van der Waals surface area contributed by atoms with Gasteiger partial charge in [0.05, 0.1) is 10.4 Å². The van der Waals surface area contributed by atoms with E-state index >= 15 is 0 Å². The van der Waals surface area contributed by atoms with Crippen molar-refractivity contribution in [2.45, 2.75) is 13.0 Å². The summed E-state index contributed by atoms with van der Waals surface area (Å²) in [6, 6.07) is 21.5. The maximum atomic E-state index is 13.2. The van der Waals surface area contributed by atoms with E-state index in [4.69, 9.17) is 9.15 Å². The standard InChI is InChI=1S/C23H16N2O3S/c1-14(21-24-25-22(28-21)19-11-6-12-29-19)27-23(26)20-17-9-4-2-7-15(17)13-16-8-3-5-10-18(16)20/h2-14H,1H3. The molecule has 0 saturated carbocycles. The molecule has 0 N–H and O–H groups in total. The van der Waals surface area contributed by atoms with Gasteiger partial charge >= 0.3 is 5.97 Å². The third-order valence-corrected chi connectivity index (χ3v) is 5.64. The summed E-state index contributed by atoms with van der Waals surface area (Å²) in [4.78, 5) is 14.1. The van der Waals surface area contributed by atoms with Crippen molar-refractivity contribution in [2.24, 2.45) is 0 Å². The maximum Gasteiger partial charge on any atom is 0.340 e. The Bertz CT molecular complexity index is 1270. The van der Waals surface area contributed by atoms with E-state index in [0.29, 0.717) is 11.5 Å². The summed E-state index contributed by atoms with van der Waals surface area (Å²) in [6.45, 7) is 1.73. The summed E-state index contributed by atoms with van der Waals surface area (Å²) < 4.78 is 11.5. The van der Waals surface area contributed by atoms with Crippen LogP contribution in [0, 0.1) is 0 Å². The molecule has 0 aliphatic carbocycles. The first-order valence-electron chi connectivity index (χ1n) is 9.19. The molecule has 0 aliphatic heterocycles. The molecule has 0 fully saturated rings. The van der Waals surface area contributed by atoms with Crippen LogP contribution < -0.4 is 0 Å². The minimum atomic E-state index is -0.665. The lowest BCUT2D eigenvalue weighted by molar-refractivity contribution is 0.0284. The number of thiophene rings is 1. The van der Waals surface area contributed by atoms with Crippen molar-refractivity contribution in [3.63, 3.8) is 0 Å². The largest absolute Gasteiger partial charge is 0.449 e. The predicted octanol–water partition coefficient (Wildman–Crippen LogP) is 6.02. The van der Waals surface area contributed by atoms with E-state index in [1.807, 2.05) is 66.0 Å². The molecule has 2 heterocycles. The number of ether oxygens (including phenoxy) is 1. The number of fused-ring (bicyclic) bond motifs is 2. The van der Waals surface area contributed by atoms with Gasteiger partial charge in [-0.1, -0.05) is 54.6 Å². The molecule has 0 bridgehead atoms. The Kier molecular flexibility index (Phi) is 4.33. The Morgan fingerprint density at radius 3 is 2.31 bits per heavy atom. The fraction of sp³-hybridized carbons (Fsp3) is 0.0870. The lowest BCUT2D eigenvalue weighted by atomic mass is 9.97. The molecule has 1 unspecified atom stereocenters. The van der Waals surface area contributed by atoms with Crippen LogP contribution in [0.3, 0.4) is 0 Å². The van der Waals surface area contributed by atoms with E-state index in [9.17, 15) is 4.79 Å². The van der Waals surface area contributed by atoms with Crippen molar-refractivity contribution >= 4 is 38.9 Å². The summed E-state index contributed by atoms with van der Waals surface area (Å²) in [7, 11) is 0. The van der Waals surface area contributed by atoms with E-state index in [0.717, 1.165) is 26.4 Å². The number of carbonyl (C=O) groups excluding carboxylic acids is 1. The number of rotatable bonds is 4. The number of benzene rings is 3. The minimum absolute atomic E-state index is 0.270. The SMILES string of the molecule is CC(OC(=O)c1c2ccccc2cc2ccccc12)c1nnc(-c2cccs2)o1. The number of hydrogen-bond acceptors (Lipinski definition) is 6. The zero-order chi connectivity index (χ0) is 19.8. The summed E-state index contributed by atoms with van der Waals surface area (Å²) >= 11 is 1.51. The van der Waals surface area contributed by atoms with Crippen LogP contribution in [0.1, 0.15) is 29.3 Å². The van der Waals surface area contributed by atoms with Crippen molar-refractivity contribution < 1.29 is 13.9 Å². The quantitative estimate of drug-likeness (QED) is 0.272. The van der Waals surface area contributed by atoms with Crippen LogP contribution in [0.5, 0.6) is 0 Å². The van der Waals surface area contributed by atoms with Crippen LogP contribution in [0.15, 0.2) is 76.5 Å². The molecule has 0 aliphatic rings. The minimum Gasteiger partial charge on any atom is -0.449 e. The molecule has 2 aromatic heterocycles. The fourth-order valence-corrected chi connectivity index (χ4v) is 4.05. The molecule has 5 rings (SSSR count). The van der Waals surface area contributed by atoms with Gasteiger partial charge < -0.3 is 9.15 Å². The van der Waals surface area contributed by atoms with Gasteiger partial charge in [0.25, 0.3) is 11.8 Å². The molecule has 5 aromatic rings. The van der Waals surface area contributed by atoms with Gasteiger partial charge in [0.15, 0.2) is 6.10 Å². The normalized spacial score (nSPS) is 12.3. The van der Waals surface area contributed by atoms with Gasteiger partial charge in [-0.25, -0.2) is 4.79 Å². The van der Waals surface area contributed by atoms with Gasteiger partial charge in [-0.15, -0.1) is 21.5 Å². The molecule has 142 valence electrons.